The molecule has 2 heterocycles. The highest BCUT2D eigenvalue weighted by molar-refractivity contribution is 7.98. The van der Waals surface area contributed by atoms with Gasteiger partial charge >= 0.3 is 0 Å². The van der Waals surface area contributed by atoms with E-state index in [-0.39, 0.29) is 0 Å². The number of imidazole rings is 1. The molecule has 0 aliphatic heterocycles. The minimum Gasteiger partial charge on any atom is -0.365 e. The maximum absolute atomic E-state index is 4.40. The molecule has 0 spiro atoms. The van der Waals surface area contributed by atoms with Crippen molar-refractivity contribution in [2.24, 2.45) is 0 Å². The highest BCUT2D eigenvalue weighted by Gasteiger charge is 2.11. The first-order valence-electron chi connectivity index (χ1n) is 5.39. The first-order chi connectivity index (χ1) is 8.24. The van der Waals surface area contributed by atoms with E-state index in [1.54, 1.807) is 25.1 Å². The van der Waals surface area contributed by atoms with Gasteiger partial charge in [-0.1, -0.05) is 0 Å². The van der Waals surface area contributed by atoms with Crippen molar-refractivity contribution in [2.75, 3.05) is 29.7 Å². The minimum absolute atomic E-state index is 0.344. The Morgan fingerprint density at radius 2 is 2.29 bits per heavy atom. The van der Waals surface area contributed by atoms with Gasteiger partial charge in [-0.3, -0.25) is 0 Å². The van der Waals surface area contributed by atoms with Crippen LogP contribution in [0.5, 0.6) is 0 Å². The lowest BCUT2D eigenvalue weighted by Gasteiger charge is -2.14. The van der Waals surface area contributed by atoms with Gasteiger partial charge in [0.15, 0.2) is 11.5 Å². The van der Waals surface area contributed by atoms with E-state index in [1.165, 1.54) is 0 Å². The van der Waals surface area contributed by atoms with Crippen LogP contribution in [0, 0.1) is 0 Å². The van der Waals surface area contributed by atoms with Crippen LogP contribution in [0.3, 0.4) is 0 Å². The quantitative estimate of drug-likeness (QED) is 0.749. The molecule has 0 bridgehead atoms. The topological polar surface area (TPSA) is 78.5 Å². The number of thioether (sulfide) groups is 1. The zero-order valence-electron chi connectivity index (χ0n) is 10.1. The van der Waals surface area contributed by atoms with Crippen LogP contribution in [0.25, 0.3) is 11.2 Å². The number of nitrogens with one attached hydrogen (secondary N) is 3. The molecule has 3 N–H and O–H groups in total. The molecule has 7 heteroatoms. The van der Waals surface area contributed by atoms with E-state index in [2.05, 4.69) is 43.7 Å². The molecule has 17 heavy (non-hydrogen) atoms. The Labute approximate surface area is 104 Å². The second-order valence-corrected chi connectivity index (χ2v) is 4.66. The maximum Gasteiger partial charge on any atom is 0.226 e. The van der Waals surface area contributed by atoms with Crippen LogP contribution >= 0.6 is 11.8 Å². The van der Waals surface area contributed by atoms with Crippen LogP contribution in [0.1, 0.15) is 6.92 Å². The lowest BCUT2D eigenvalue weighted by molar-refractivity contribution is 0.904. The van der Waals surface area contributed by atoms with Crippen molar-refractivity contribution in [1.29, 1.82) is 0 Å². The third-order valence-electron chi connectivity index (χ3n) is 2.31. The molecule has 2 rings (SSSR count). The lowest BCUT2D eigenvalue weighted by Crippen LogP contribution is -2.19. The van der Waals surface area contributed by atoms with Gasteiger partial charge in [-0.05, 0) is 13.2 Å². The molecule has 6 nitrogen and oxygen atoms in total. The van der Waals surface area contributed by atoms with E-state index >= 15 is 0 Å². The number of fused-ring (bicyclic) bond motifs is 1. The molecule has 0 saturated carbocycles. The highest BCUT2D eigenvalue weighted by atomic mass is 32.2. The molecule has 1 atom stereocenters. The molecule has 0 aliphatic rings. The van der Waals surface area contributed by atoms with Gasteiger partial charge in [0.05, 0.1) is 6.33 Å². The zero-order chi connectivity index (χ0) is 12.3. The van der Waals surface area contributed by atoms with Crippen molar-refractivity contribution in [3.8, 4) is 0 Å². The Kier molecular flexibility index (Phi) is 3.68. The molecule has 0 saturated heterocycles. The van der Waals surface area contributed by atoms with Gasteiger partial charge in [-0.25, -0.2) is 4.98 Å². The Bertz CT molecular complexity index is 497. The third kappa shape index (κ3) is 2.60. The second kappa shape index (κ2) is 5.22. The molecule has 0 amide bonds. The van der Waals surface area contributed by atoms with Gasteiger partial charge in [0.25, 0.3) is 0 Å². The molecule has 0 aliphatic carbocycles. The number of anilines is 2. The van der Waals surface area contributed by atoms with Crippen molar-refractivity contribution in [2.45, 2.75) is 13.0 Å². The van der Waals surface area contributed by atoms with Gasteiger partial charge in [0.2, 0.25) is 5.95 Å². The lowest BCUT2D eigenvalue weighted by atomic mass is 10.3. The van der Waals surface area contributed by atoms with Crippen molar-refractivity contribution in [3.63, 3.8) is 0 Å². The van der Waals surface area contributed by atoms with Crippen LogP contribution in [0.2, 0.25) is 0 Å². The molecular weight excluding hydrogens is 236 g/mol. The Morgan fingerprint density at radius 1 is 1.47 bits per heavy atom. The Hall–Kier alpha value is -1.50. The van der Waals surface area contributed by atoms with Crippen molar-refractivity contribution >= 4 is 34.7 Å². The van der Waals surface area contributed by atoms with Crippen LogP contribution in [0.4, 0.5) is 11.8 Å². The second-order valence-electron chi connectivity index (χ2n) is 3.75. The summed E-state index contributed by atoms with van der Waals surface area (Å²) in [6, 6.07) is 0.344. The number of rotatable bonds is 5. The summed E-state index contributed by atoms with van der Waals surface area (Å²) in [4.78, 5) is 15.9. The SMILES string of the molecule is CNc1nc(NC(C)CSC)c2[nH]cnc2n1. The summed E-state index contributed by atoms with van der Waals surface area (Å²) < 4.78 is 0. The first kappa shape index (κ1) is 12.0. The van der Waals surface area contributed by atoms with Gasteiger partial charge in [-0.15, -0.1) is 0 Å². The smallest absolute Gasteiger partial charge is 0.226 e. The summed E-state index contributed by atoms with van der Waals surface area (Å²) in [5.74, 6) is 2.39. The summed E-state index contributed by atoms with van der Waals surface area (Å²) in [5, 5.41) is 6.30. The van der Waals surface area contributed by atoms with E-state index in [1.807, 2.05) is 0 Å². The van der Waals surface area contributed by atoms with Crippen molar-refractivity contribution in [1.82, 2.24) is 19.9 Å². The summed E-state index contributed by atoms with van der Waals surface area (Å²) in [7, 11) is 1.79. The van der Waals surface area contributed by atoms with E-state index < -0.39 is 0 Å². The van der Waals surface area contributed by atoms with Crippen LogP contribution < -0.4 is 10.6 Å². The van der Waals surface area contributed by atoms with Crippen LogP contribution in [-0.4, -0.2) is 45.0 Å². The number of H-pyrrole nitrogens is 1. The average molecular weight is 252 g/mol. The standard InChI is InChI=1S/C10H16N6S/c1-6(4-17-3)14-9-7-8(13-5-12-7)15-10(11-2)16-9/h5-6H,4H2,1-3H3,(H3,11,12,13,14,15,16). The summed E-state index contributed by atoms with van der Waals surface area (Å²) in [6.07, 6.45) is 3.71. The number of nitrogens with zero attached hydrogens (tertiary/aromatic N) is 3. The van der Waals surface area contributed by atoms with Gasteiger partial charge in [0, 0.05) is 18.8 Å². The number of aromatic nitrogens is 4. The van der Waals surface area contributed by atoms with E-state index in [0.29, 0.717) is 17.6 Å². The Morgan fingerprint density at radius 3 is 3.00 bits per heavy atom. The number of hydrogen-bond donors (Lipinski definition) is 3. The van der Waals surface area contributed by atoms with Gasteiger partial charge < -0.3 is 15.6 Å². The summed E-state index contributed by atoms with van der Waals surface area (Å²) >= 11 is 1.80. The van der Waals surface area contributed by atoms with Gasteiger partial charge in [0.1, 0.15) is 5.52 Å². The molecule has 92 valence electrons. The fraction of sp³-hybridized carbons (Fsp3) is 0.500. The molecule has 2 aromatic rings. The third-order valence-corrected chi connectivity index (χ3v) is 3.14. The van der Waals surface area contributed by atoms with E-state index in [4.69, 9.17) is 0 Å². The summed E-state index contributed by atoms with van der Waals surface area (Å²) in [5.41, 5.74) is 1.51. The number of aromatic amines is 1. The van der Waals surface area contributed by atoms with Crippen LogP contribution in [0.15, 0.2) is 6.33 Å². The van der Waals surface area contributed by atoms with Crippen molar-refractivity contribution in [3.05, 3.63) is 6.33 Å². The minimum atomic E-state index is 0.344. The summed E-state index contributed by atoms with van der Waals surface area (Å²) in [6.45, 7) is 2.12. The Balaban J connectivity index is 2.33. The van der Waals surface area contributed by atoms with E-state index in [9.17, 15) is 0 Å². The predicted molar refractivity (Wildman–Crippen MR) is 72.7 cm³/mol. The first-order valence-corrected chi connectivity index (χ1v) is 6.78. The fourth-order valence-corrected chi connectivity index (χ4v) is 2.16. The average Bonchev–Trinajstić information content (AvgIpc) is 2.77. The van der Waals surface area contributed by atoms with Gasteiger partial charge in [-0.2, -0.15) is 21.7 Å². The normalized spacial score (nSPS) is 12.6. The maximum atomic E-state index is 4.40. The molecule has 0 aromatic carbocycles. The zero-order valence-corrected chi connectivity index (χ0v) is 10.9. The molecular formula is C10H16N6S. The largest absolute Gasteiger partial charge is 0.365 e. The van der Waals surface area contributed by atoms with Crippen LogP contribution in [-0.2, 0) is 0 Å². The molecule has 1 unspecified atom stereocenters. The molecule has 2 aromatic heterocycles. The fourth-order valence-electron chi connectivity index (χ4n) is 1.57. The number of hydrogen-bond acceptors (Lipinski definition) is 6. The predicted octanol–water partition coefficient (Wildman–Crippen LogP) is 1.56. The molecule has 0 fully saturated rings. The van der Waals surface area contributed by atoms with Crippen molar-refractivity contribution < 1.29 is 0 Å². The van der Waals surface area contributed by atoms with E-state index in [0.717, 1.165) is 17.1 Å². The highest BCUT2D eigenvalue weighted by Crippen LogP contribution is 2.19. The monoisotopic (exact) mass is 252 g/mol. The molecule has 0 radical (unpaired) electrons.